The van der Waals surface area contributed by atoms with E-state index in [0.717, 1.165) is 22.6 Å². The van der Waals surface area contributed by atoms with Crippen LogP contribution in [0, 0.1) is 6.92 Å². The molecule has 0 spiro atoms. The summed E-state index contributed by atoms with van der Waals surface area (Å²) >= 11 is 1.97. The van der Waals surface area contributed by atoms with Crippen LogP contribution in [0.4, 0.5) is 5.82 Å². The van der Waals surface area contributed by atoms with E-state index in [1.165, 1.54) is 19.3 Å². The fourth-order valence-electron chi connectivity index (χ4n) is 2.49. The van der Waals surface area contributed by atoms with Crippen LogP contribution in [-0.2, 0) is 0 Å². The third-order valence-electron chi connectivity index (χ3n) is 3.48. The standard InChI is InChI=1S/C14H23N3S/c1-9(2)14-15-10(3)8-13(17-14)16-11-6-5-7-12(11)18-4/h8-9,11-12H,5-7H2,1-4H3,(H,15,16,17). The first-order valence-electron chi connectivity index (χ1n) is 6.75. The highest BCUT2D eigenvalue weighted by atomic mass is 32.2. The molecule has 2 atom stereocenters. The average molecular weight is 265 g/mol. The molecule has 1 fully saturated rings. The normalized spacial score (nSPS) is 23.6. The highest BCUT2D eigenvalue weighted by molar-refractivity contribution is 7.99. The van der Waals surface area contributed by atoms with Gasteiger partial charge in [0.05, 0.1) is 0 Å². The van der Waals surface area contributed by atoms with Gasteiger partial charge in [0.25, 0.3) is 0 Å². The van der Waals surface area contributed by atoms with Gasteiger partial charge in [-0.3, -0.25) is 0 Å². The Morgan fingerprint density at radius 2 is 2.11 bits per heavy atom. The summed E-state index contributed by atoms with van der Waals surface area (Å²) in [5.41, 5.74) is 1.05. The zero-order chi connectivity index (χ0) is 13.1. The van der Waals surface area contributed by atoms with Gasteiger partial charge in [0.2, 0.25) is 0 Å². The zero-order valence-corrected chi connectivity index (χ0v) is 12.5. The van der Waals surface area contributed by atoms with Gasteiger partial charge in [-0.25, -0.2) is 9.97 Å². The zero-order valence-electron chi connectivity index (χ0n) is 11.7. The van der Waals surface area contributed by atoms with Crippen LogP contribution in [0.2, 0.25) is 0 Å². The lowest BCUT2D eigenvalue weighted by Gasteiger charge is -2.20. The van der Waals surface area contributed by atoms with Crippen molar-refractivity contribution in [3.8, 4) is 0 Å². The average Bonchev–Trinajstić information content (AvgIpc) is 2.75. The lowest BCUT2D eigenvalue weighted by molar-refractivity contribution is 0.739. The van der Waals surface area contributed by atoms with Gasteiger partial charge in [-0.2, -0.15) is 11.8 Å². The lowest BCUT2D eigenvalue weighted by atomic mass is 10.2. The second kappa shape index (κ2) is 5.91. The number of hydrogen-bond acceptors (Lipinski definition) is 4. The second-order valence-electron chi connectivity index (χ2n) is 5.36. The van der Waals surface area contributed by atoms with E-state index in [-0.39, 0.29) is 0 Å². The number of thioether (sulfide) groups is 1. The van der Waals surface area contributed by atoms with Gasteiger partial charge in [-0.05, 0) is 26.0 Å². The number of hydrogen-bond donors (Lipinski definition) is 1. The molecule has 0 radical (unpaired) electrons. The number of aryl methyl sites for hydroxylation is 1. The molecule has 18 heavy (non-hydrogen) atoms. The molecule has 3 nitrogen and oxygen atoms in total. The van der Waals surface area contributed by atoms with E-state index in [0.29, 0.717) is 12.0 Å². The molecule has 1 aliphatic carbocycles. The van der Waals surface area contributed by atoms with E-state index in [1.54, 1.807) is 0 Å². The van der Waals surface area contributed by atoms with Crippen LogP contribution < -0.4 is 5.32 Å². The lowest BCUT2D eigenvalue weighted by Crippen LogP contribution is -2.26. The number of anilines is 1. The van der Waals surface area contributed by atoms with Crippen molar-refractivity contribution >= 4 is 17.6 Å². The second-order valence-corrected chi connectivity index (χ2v) is 6.44. The number of nitrogens with zero attached hydrogens (tertiary/aromatic N) is 2. The summed E-state index contributed by atoms with van der Waals surface area (Å²) in [6.07, 6.45) is 6.10. The maximum atomic E-state index is 4.63. The molecule has 0 amide bonds. The van der Waals surface area contributed by atoms with Crippen molar-refractivity contribution in [3.63, 3.8) is 0 Å². The summed E-state index contributed by atoms with van der Waals surface area (Å²) in [5.74, 6) is 2.32. The fraction of sp³-hybridized carbons (Fsp3) is 0.714. The highest BCUT2D eigenvalue weighted by Crippen LogP contribution is 2.30. The summed E-state index contributed by atoms with van der Waals surface area (Å²) in [6, 6.07) is 2.62. The first-order valence-corrected chi connectivity index (χ1v) is 8.04. The van der Waals surface area contributed by atoms with Gasteiger partial charge in [-0.1, -0.05) is 20.3 Å². The molecule has 0 bridgehead atoms. The van der Waals surface area contributed by atoms with Crippen LogP contribution in [-0.4, -0.2) is 27.5 Å². The molecule has 1 aliphatic rings. The van der Waals surface area contributed by atoms with Gasteiger partial charge >= 0.3 is 0 Å². The SMILES string of the molecule is CSC1CCCC1Nc1cc(C)nc(C(C)C)n1. The Morgan fingerprint density at radius 1 is 1.33 bits per heavy atom. The van der Waals surface area contributed by atoms with Gasteiger partial charge < -0.3 is 5.32 Å². The first kappa shape index (κ1) is 13.7. The Morgan fingerprint density at radius 3 is 2.78 bits per heavy atom. The summed E-state index contributed by atoms with van der Waals surface area (Å²) in [6.45, 7) is 6.32. The van der Waals surface area contributed by atoms with Crippen LogP contribution in [0.1, 0.15) is 50.5 Å². The molecule has 1 aromatic heterocycles. The van der Waals surface area contributed by atoms with Crippen molar-refractivity contribution in [1.82, 2.24) is 9.97 Å². The molecule has 0 aromatic carbocycles. The smallest absolute Gasteiger partial charge is 0.133 e. The number of rotatable bonds is 4. The van der Waals surface area contributed by atoms with Crippen LogP contribution in [0.25, 0.3) is 0 Å². The molecule has 1 N–H and O–H groups in total. The summed E-state index contributed by atoms with van der Waals surface area (Å²) in [4.78, 5) is 9.12. The molecule has 0 aliphatic heterocycles. The van der Waals surface area contributed by atoms with Crippen molar-refractivity contribution in [2.75, 3.05) is 11.6 Å². The third kappa shape index (κ3) is 3.16. The minimum atomic E-state index is 0.380. The van der Waals surface area contributed by atoms with Gasteiger partial charge in [0.15, 0.2) is 0 Å². The van der Waals surface area contributed by atoms with Crippen molar-refractivity contribution < 1.29 is 0 Å². The van der Waals surface area contributed by atoms with Crippen LogP contribution in [0.15, 0.2) is 6.07 Å². The monoisotopic (exact) mass is 265 g/mol. The Hall–Kier alpha value is -0.770. The molecule has 2 unspecified atom stereocenters. The maximum Gasteiger partial charge on any atom is 0.133 e. The van der Waals surface area contributed by atoms with Crippen LogP contribution in [0.5, 0.6) is 0 Å². The van der Waals surface area contributed by atoms with Crippen molar-refractivity contribution in [3.05, 3.63) is 17.6 Å². The molecular weight excluding hydrogens is 242 g/mol. The third-order valence-corrected chi connectivity index (χ3v) is 4.65. The van der Waals surface area contributed by atoms with Crippen molar-refractivity contribution in [1.29, 1.82) is 0 Å². The highest BCUT2D eigenvalue weighted by Gasteiger charge is 2.26. The van der Waals surface area contributed by atoms with Gasteiger partial charge in [0.1, 0.15) is 11.6 Å². The van der Waals surface area contributed by atoms with E-state index in [2.05, 4.69) is 41.5 Å². The summed E-state index contributed by atoms with van der Waals surface area (Å²) < 4.78 is 0. The Bertz CT molecular complexity index is 406. The first-order chi connectivity index (χ1) is 8.60. The maximum absolute atomic E-state index is 4.63. The molecule has 0 saturated heterocycles. The van der Waals surface area contributed by atoms with E-state index in [1.807, 2.05) is 18.7 Å². The molecule has 1 saturated carbocycles. The fourth-order valence-corrected chi connectivity index (χ4v) is 3.42. The molecule has 4 heteroatoms. The predicted molar refractivity (Wildman–Crippen MR) is 79.4 cm³/mol. The minimum Gasteiger partial charge on any atom is -0.366 e. The quantitative estimate of drug-likeness (QED) is 0.902. The van der Waals surface area contributed by atoms with E-state index >= 15 is 0 Å². The molecule has 1 heterocycles. The number of aromatic nitrogens is 2. The van der Waals surface area contributed by atoms with Crippen molar-refractivity contribution in [2.24, 2.45) is 0 Å². The Balaban J connectivity index is 2.13. The van der Waals surface area contributed by atoms with E-state index in [4.69, 9.17) is 0 Å². The van der Waals surface area contributed by atoms with E-state index < -0.39 is 0 Å². The largest absolute Gasteiger partial charge is 0.366 e. The van der Waals surface area contributed by atoms with Crippen LogP contribution in [0.3, 0.4) is 0 Å². The predicted octanol–water partition coefficient (Wildman–Crippen LogP) is 3.60. The van der Waals surface area contributed by atoms with Crippen LogP contribution >= 0.6 is 11.8 Å². The molecule has 2 rings (SSSR count). The number of nitrogens with one attached hydrogen (secondary N) is 1. The molecular formula is C14H23N3S. The topological polar surface area (TPSA) is 37.8 Å². The Labute approximate surface area is 114 Å². The van der Waals surface area contributed by atoms with Gasteiger partial charge in [0, 0.05) is 29.0 Å². The van der Waals surface area contributed by atoms with E-state index in [9.17, 15) is 0 Å². The summed E-state index contributed by atoms with van der Waals surface area (Å²) in [5, 5.41) is 4.33. The molecule has 1 aromatic rings. The minimum absolute atomic E-state index is 0.380. The van der Waals surface area contributed by atoms with Gasteiger partial charge in [-0.15, -0.1) is 0 Å². The molecule has 100 valence electrons. The Kier molecular flexibility index (Phi) is 4.49. The summed E-state index contributed by atoms with van der Waals surface area (Å²) in [7, 11) is 0. The van der Waals surface area contributed by atoms with Crippen molar-refractivity contribution in [2.45, 2.75) is 57.2 Å².